The molecule has 82 valence electrons. The van der Waals surface area contributed by atoms with Gasteiger partial charge in [0, 0.05) is 19.1 Å². The van der Waals surface area contributed by atoms with Gasteiger partial charge in [-0.15, -0.1) is 0 Å². The summed E-state index contributed by atoms with van der Waals surface area (Å²) < 4.78 is 4.94. The Morgan fingerprint density at radius 3 is 2.71 bits per heavy atom. The molecule has 14 heavy (non-hydrogen) atoms. The minimum atomic E-state index is -0.226. The Kier molecular flexibility index (Phi) is 3.37. The first-order valence-electron chi connectivity index (χ1n) is 5.08. The van der Waals surface area contributed by atoms with Crippen molar-refractivity contribution in [1.29, 1.82) is 0 Å². The Morgan fingerprint density at radius 2 is 2.21 bits per heavy atom. The van der Waals surface area contributed by atoms with E-state index >= 15 is 0 Å². The number of hydrogen-bond donors (Lipinski definition) is 1. The molecule has 4 heteroatoms. The maximum atomic E-state index is 11.3. The zero-order chi connectivity index (χ0) is 10.8. The van der Waals surface area contributed by atoms with Crippen molar-refractivity contribution >= 4 is 6.09 Å². The summed E-state index contributed by atoms with van der Waals surface area (Å²) in [6, 6.07) is -0.00634. The van der Waals surface area contributed by atoms with Crippen LogP contribution in [-0.2, 0) is 4.74 Å². The minimum absolute atomic E-state index is 0.00634. The molecule has 0 unspecified atom stereocenters. The van der Waals surface area contributed by atoms with E-state index in [2.05, 4.69) is 20.8 Å². The Bertz CT molecular complexity index is 211. The predicted molar refractivity (Wildman–Crippen MR) is 55.0 cm³/mol. The first-order chi connectivity index (χ1) is 6.41. The average Bonchev–Trinajstić information content (AvgIpc) is 2.07. The van der Waals surface area contributed by atoms with E-state index in [1.54, 1.807) is 4.90 Å². The first-order valence-corrected chi connectivity index (χ1v) is 5.08. The standard InChI is InChI=1S/C10H20N2O2/c1-10(2,3)8(11)7-12-5-4-6-14-9(12)13/h8H,4-7,11H2,1-3H3/t8-/m1/s1. The highest BCUT2D eigenvalue weighted by atomic mass is 16.6. The summed E-state index contributed by atoms with van der Waals surface area (Å²) in [5.41, 5.74) is 6.02. The van der Waals surface area contributed by atoms with Gasteiger partial charge >= 0.3 is 6.09 Å². The van der Waals surface area contributed by atoms with E-state index in [1.165, 1.54) is 0 Å². The third kappa shape index (κ3) is 2.87. The molecule has 1 fully saturated rings. The molecule has 0 saturated carbocycles. The van der Waals surface area contributed by atoms with Gasteiger partial charge in [0.05, 0.1) is 6.61 Å². The van der Waals surface area contributed by atoms with Crippen LogP contribution >= 0.6 is 0 Å². The van der Waals surface area contributed by atoms with Crippen molar-refractivity contribution in [2.24, 2.45) is 11.1 Å². The number of amides is 1. The summed E-state index contributed by atoms with van der Waals surface area (Å²) in [6.45, 7) is 8.12. The third-order valence-corrected chi connectivity index (χ3v) is 2.59. The van der Waals surface area contributed by atoms with Crippen LogP contribution in [0.2, 0.25) is 0 Å². The first kappa shape index (κ1) is 11.3. The maximum Gasteiger partial charge on any atom is 0.409 e. The van der Waals surface area contributed by atoms with E-state index in [0.29, 0.717) is 13.2 Å². The zero-order valence-corrected chi connectivity index (χ0v) is 9.25. The number of rotatable bonds is 2. The number of carbonyl (C=O) groups excluding carboxylic acids is 1. The molecule has 0 aromatic rings. The Labute approximate surface area is 85.4 Å². The van der Waals surface area contributed by atoms with Gasteiger partial charge in [0.2, 0.25) is 0 Å². The second-order valence-corrected chi connectivity index (χ2v) is 4.89. The Morgan fingerprint density at radius 1 is 1.57 bits per heavy atom. The lowest BCUT2D eigenvalue weighted by Gasteiger charge is -2.34. The molecule has 1 rings (SSSR count). The third-order valence-electron chi connectivity index (χ3n) is 2.59. The summed E-state index contributed by atoms with van der Waals surface area (Å²) >= 11 is 0. The van der Waals surface area contributed by atoms with Crippen molar-refractivity contribution in [1.82, 2.24) is 4.90 Å². The lowest BCUT2D eigenvalue weighted by atomic mass is 9.87. The van der Waals surface area contributed by atoms with E-state index in [1.807, 2.05) is 0 Å². The lowest BCUT2D eigenvalue weighted by molar-refractivity contribution is 0.0650. The van der Waals surface area contributed by atoms with Crippen LogP contribution in [0.25, 0.3) is 0 Å². The quantitative estimate of drug-likeness (QED) is 0.728. The molecule has 0 aliphatic carbocycles. The topological polar surface area (TPSA) is 55.6 Å². The fraction of sp³-hybridized carbons (Fsp3) is 0.900. The summed E-state index contributed by atoms with van der Waals surface area (Å²) in [5, 5.41) is 0. The van der Waals surface area contributed by atoms with Crippen molar-refractivity contribution in [3.8, 4) is 0 Å². The normalized spacial score (nSPS) is 20.6. The summed E-state index contributed by atoms with van der Waals surface area (Å²) in [4.78, 5) is 13.0. The van der Waals surface area contributed by atoms with E-state index in [0.717, 1.165) is 13.0 Å². The molecule has 2 N–H and O–H groups in total. The number of hydrogen-bond acceptors (Lipinski definition) is 3. The van der Waals surface area contributed by atoms with Gasteiger partial charge < -0.3 is 15.4 Å². The number of nitrogens with two attached hydrogens (primary N) is 1. The lowest BCUT2D eigenvalue weighted by Crippen LogP contribution is -2.49. The number of cyclic esters (lactones) is 1. The van der Waals surface area contributed by atoms with Crippen LogP contribution in [0.5, 0.6) is 0 Å². The van der Waals surface area contributed by atoms with E-state index in [4.69, 9.17) is 10.5 Å². The molecule has 0 radical (unpaired) electrons. The van der Waals surface area contributed by atoms with Gasteiger partial charge in [0.15, 0.2) is 0 Å². The van der Waals surface area contributed by atoms with Crippen LogP contribution < -0.4 is 5.73 Å². The van der Waals surface area contributed by atoms with E-state index in [-0.39, 0.29) is 17.6 Å². The maximum absolute atomic E-state index is 11.3. The van der Waals surface area contributed by atoms with Gasteiger partial charge in [-0.05, 0) is 11.8 Å². The molecule has 0 spiro atoms. The molecule has 0 aromatic carbocycles. The molecule has 1 atom stereocenters. The van der Waals surface area contributed by atoms with Crippen LogP contribution in [-0.4, -0.2) is 36.7 Å². The molecule has 0 aromatic heterocycles. The van der Waals surface area contributed by atoms with Crippen LogP contribution in [0, 0.1) is 5.41 Å². The monoisotopic (exact) mass is 200 g/mol. The van der Waals surface area contributed by atoms with Crippen molar-refractivity contribution in [2.75, 3.05) is 19.7 Å². The highest BCUT2D eigenvalue weighted by molar-refractivity contribution is 5.68. The van der Waals surface area contributed by atoms with Gasteiger partial charge in [-0.25, -0.2) is 4.79 Å². The highest BCUT2D eigenvalue weighted by Gasteiger charge is 2.27. The fourth-order valence-corrected chi connectivity index (χ4v) is 1.27. The second kappa shape index (κ2) is 4.17. The van der Waals surface area contributed by atoms with Crippen LogP contribution in [0.3, 0.4) is 0 Å². The SMILES string of the molecule is CC(C)(C)[C@H](N)CN1CCCOC1=O. The number of nitrogens with zero attached hydrogens (tertiary/aromatic N) is 1. The van der Waals surface area contributed by atoms with Gasteiger partial charge in [0.25, 0.3) is 0 Å². The van der Waals surface area contributed by atoms with Crippen molar-refractivity contribution < 1.29 is 9.53 Å². The smallest absolute Gasteiger partial charge is 0.409 e. The molecule has 1 aliphatic heterocycles. The van der Waals surface area contributed by atoms with Gasteiger partial charge in [-0.1, -0.05) is 20.8 Å². The summed E-state index contributed by atoms with van der Waals surface area (Å²) in [5.74, 6) is 0. The van der Waals surface area contributed by atoms with Gasteiger partial charge in [-0.3, -0.25) is 0 Å². The van der Waals surface area contributed by atoms with E-state index in [9.17, 15) is 4.79 Å². The molecule has 1 heterocycles. The molecular weight excluding hydrogens is 180 g/mol. The second-order valence-electron chi connectivity index (χ2n) is 4.89. The van der Waals surface area contributed by atoms with Crippen molar-refractivity contribution in [3.05, 3.63) is 0 Å². The van der Waals surface area contributed by atoms with Crippen LogP contribution in [0.15, 0.2) is 0 Å². The minimum Gasteiger partial charge on any atom is -0.449 e. The molecule has 1 amide bonds. The van der Waals surface area contributed by atoms with Crippen LogP contribution in [0.4, 0.5) is 4.79 Å². The van der Waals surface area contributed by atoms with Gasteiger partial charge in [0.1, 0.15) is 0 Å². The largest absolute Gasteiger partial charge is 0.449 e. The molecule has 0 bridgehead atoms. The zero-order valence-electron chi connectivity index (χ0n) is 9.25. The Balaban J connectivity index is 2.46. The van der Waals surface area contributed by atoms with Crippen LogP contribution in [0.1, 0.15) is 27.2 Å². The van der Waals surface area contributed by atoms with Crippen molar-refractivity contribution in [3.63, 3.8) is 0 Å². The fourth-order valence-electron chi connectivity index (χ4n) is 1.27. The molecule has 1 saturated heterocycles. The average molecular weight is 200 g/mol. The van der Waals surface area contributed by atoms with Crippen molar-refractivity contribution in [2.45, 2.75) is 33.2 Å². The molecule has 1 aliphatic rings. The molecule has 4 nitrogen and oxygen atoms in total. The number of carbonyl (C=O) groups is 1. The van der Waals surface area contributed by atoms with Gasteiger partial charge in [-0.2, -0.15) is 0 Å². The Hall–Kier alpha value is -0.770. The number of ether oxygens (including phenoxy) is 1. The highest BCUT2D eigenvalue weighted by Crippen LogP contribution is 2.19. The molecular formula is C10H20N2O2. The van der Waals surface area contributed by atoms with E-state index < -0.39 is 0 Å². The predicted octanol–water partition coefficient (Wildman–Crippen LogP) is 1.20. The summed E-state index contributed by atoms with van der Waals surface area (Å²) in [6.07, 6.45) is 0.679. The summed E-state index contributed by atoms with van der Waals surface area (Å²) in [7, 11) is 0.